The van der Waals surface area contributed by atoms with Gasteiger partial charge in [0.1, 0.15) is 6.54 Å². The molecule has 2 amide bonds. The van der Waals surface area contributed by atoms with E-state index in [1.54, 1.807) is 0 Å². The van der Waals surface area contributed by atoms with Crippen molar-refractivity contribution in [2.75, 3.05) is 31.7 Å². The molecule has 0 aliphatic heterocycles. The first-order valence-electron chi connectivity index (χ1n) is 6.41. The Labute approximate surface area is 133 Å². The average molecular weight is 343 g/mol. The summed E-state index contributed by atoms with van der Waals surface area (Å²) in [6.07, 6.45) is 0.991. The molecule has 0 atom stereocenters. The summed E-state index contributed by atoms with van der Waals surface area (Å²) >= 11 is 0. The van der Waals surface area contributed by atoms with Crippen molar-refractivity contribution in [3.63, 3.8) is 0 Å². The minimum atomic E-state index is -3.45. The molecule has 1 aromatic rings. The van der Waals surface area contributed by atoms with E-state index in [1.807, 2.05) is 0 Å². The summed E-state index contributed by atoms with van der Waals surface area (Å²) in [6, 6.07) is 5.72. The van der Waals surface area contributed by atoms with Crippen LogP contribution in [0.1, 0.15) is 10.4 Å². The predicted octanol–water partition coefficient (Wildman–Crippen LogP) is -0.669. The summed E-state index contributed by atoms with van der Waals surface area (Å²) in [5.74, 6) is -2.24. The number of aliphatic carboxylic acids is 1. The maximum atomic E-state index is 11.7. The van der Waals surface area contributed by atoms with Crippen LogP contribution in [0.5, 0.6) is 0 Å². The summed E-state index contributed by atoms with van der Waals surface area (Å²) < 4.78 is 23.3. The summed E-state index contributed by atoms with van der Waals surface area (Å²) in [5.41, 5.74) is 0.615. The van der Waals surface area contributed by atoms with E-state index in [-0.39, 0.29) is 12.1 Å². The largest absolute Gasteiger partial charge is 0.480 e. The van der Waals surface area contributed by atoms with Crippen molar-refractivity contribution in [2.24, 2.45) is 0 Å². The van der Waals surface area contributed by atoms with E-state index < -0.39 is 34.4 Å². The van der Waals surface area contributed by atoms with Gasteiger partial charge in [0.25, 0.3) is 5.91 Å². The number of rotatable bonds is 7. The fourth-order valence-electron chi connectivity index (χ4n) is 1.48. The van der Waals surface area contributed by atoms with Crippen LogP contribution in [-0.2, 0) is 19.6 Å². The number of hydrogen-bond acceptors (Lipinski definition) is 5. The number of carboxylic acid groups (broad SMARTS) is 1. The zero-order valence-electron chi connectivity index (χ0n) is 12.6. The molecular formula is C13H17N3O6S. The first-order chi connectivity index (χ1) is 10.6. The summed E-state index contributed by atoms with van der Waals surface area (Å²) in [7, 11) is -2.17. The van der Waals surface area contributed by atoms with Gasteiger partial charge in [-0.05, 0) is 24.3 Å². The first-order valence-corrected chi connectivity index (χ1v) is 8.25. The molecule has 0 aromatic heterocycles. The highest BCUT2D eigenvalue weighted by atomic mass is 32.2. The highest BCUT2D eigenvalue weighted by Crippen LogP contribution is 2.09. The molecule has 10 heteroatoms. The first kappa shape index (κ1) is 18.6. The molecule has 0 saturated carbocycles. The van der Waals surface area contributed by atoms with Crippen molar-refractivity contribution in [2.45, 2.75) is 0 Å². The molecule has 0 aliphatic carbocycles. The van der Waals surface area contributed by atoms with Crippen LogP contribution in [0.2, 0.25) is 0 Å². The fraction of sp³-hybridized carbons (Fsp3) is 0.308. The second-order valence-electron chi connectivity index (χ2n) is 4.72. The van der Waals surface area contributed by atoms with Crippen molar-refractivity contribution < 1.29 is 27.9 Å². The van der Waals surface area contributed by atoms with Gasteiger partial charge in [-0.25, -0.2) is 8.42 Å². The number of nitrogens with one attached hydrogen (secondary N) is 2. The van der Waals surface area contributed by atoms with Gasteiger partial charge >= 0.3 is 5.97 Å². The van der Waals surface area contributed by atoms with Gasteiger partial charge in [-0.15, -0.1) is 0 Å². The smallest absolute Gasteiger partial charge is 0.322 e. The quantitative estimate of drug-likeness (QED) is 0.601. The van der Waals surface area contributed by atoms with E-state index in [0.717, 1.165) is 10.6 Å². The summed E-state index contributed by atoms with van der Waals surface area (Å²) in [5, 5.41) is 13.2. The lowest BCUT2D eigenvalue weighted by Gasteiger charge is -2.13. The molecule has 0 saturated heterocycles. The normalized spacial score (nSPS) is 11.1. The lowest BCUT2D eigenvalue weighted by molar-refractivity contribution is -0.135. The van der Waals surface area contributed by atoms with Crippen LogP contribution in [0.25, 0.3) is 0 Å². The lowest BCUT2D eigenvalue weighted by atomic mass is 10.2. The van der Waals surface area contributed by atoms with Gasteiger partial charge in [0.2, 0.25) is 15.9 Å². The Bertz CT molecular complexity index is 699. The standard InChI is InChI=1S/C13H17N3O6S/c1-16(23(2,21)22)8-11(17)15-10-5-3-9(4-6-10)13(20)14-7-12(18)19/h3-6H,7-8H2,1-2H3,(H,14,20)(H,15,17)(H,18,19). The fourth-order valence-corrected chi connectivity index (χ4v) is 1.83. The number of hydrogen-bond donors (Lipinski definition) is 3. The SMILES string of the molecule is CN(CC(=O)Nc1ccc(C(=O)NCC(=O)O)cc1)S(C)(=O)=O. The molecule has 0 heterocycles. The molecule has 0 spiro atoms. The number of nitrogens with zero attached hydrogens (tertiary/aromatic N) is 1. The number of sulfonamides is 1. The predicted molar refractivity (Wildman–Crippen MR) is 82.5 cm³/mol. The van der Waals surface area contributed by atoms with Gasteiger partial charge in [0.15, 0.2) is 0 Å². The van der Waals surface area contributed by atoms with Crippen molar-refractivity contribution in [3.05, 3.63) is 29.8 Å². The minimum Gasteiger partial charge on any atom is -0.480 e. The number of carboxylic acids is 1. The number of anilines is 1. The Kier molecular flexibility index (Phi) is 6.22. The van der Waals surface area contributed by atoms with Crippen LogP contribution in [0.4, 0.5) is 5.69 Å². The van der Waals surface area contributed by atoms with Crippen LogP contribution < -0.4 is 10.6 Å². The Balaban J connectivity index is 2.62. The maximum absolute atomic E-state index is 11.7. The van der Waals surface area contributed by atoms with Gasteiger partial charge in [-0.3, -0.25) is 14.4 Å². The number of carbonyl (C=O) groups is 3. The molecule has 23 heavy (non-hydrogen) atoms. The molecule has 1 rings (SSSR count). The van der Waals surface area contributed by atoms with Gasteiger partial charge in [-0.2, -0.15) is 4.31 Å². The maximum Gasteiger partial charge on any atom is 0.322 e. The highest BCUT2D eigenvalue weighted by molar-refractivity contribution is 7.88. The molecule has 0 aliphatic rings. The molecule has 126 valence electrons. The van der Waals surface area contributed by atoms with E-state index in [1.165, 1.54) is 31.3 Å². The van der Waals surface area contributed by atoms with Crippen LogP contribution in [0.15, 0.2) is 24.3 Å². The van der Waals surface area contributed by atoms with Crippen molar-refractivity contribution >= 4 is 33.5 Å². The second-order valence-corrected chi connectivity index (χ2v) is 6.81. The third-order valence-electron chi connectivity index (χ3n) is 2.76. The van der Waals surface area contributed by atoms with E-state index in [9.17, 15) is 22.8 Å². The van der Waals surface area contributed by atoms with Gasteiger partial charge < -0.3 is 15.7 Å². The van der Waals surface area contributed by atoms with E-state index >= 15 is 0 Å². The highest BCUT2D eigenvalue weighted by Gasteiger charge is 2.15. The van der Waals surface area contributed by atoms with Gasteiger partial charge in [0, 0.05) is 18.3 Å². The number of carbonyl (C=O) groups excluding carboxylic acids is 2. The Morgan fingerprint density at radius 3 is 2.22 bits per heavy atom. The Hall–Kier alpha value is -2.46. The molecule has 0 radical (unpaired) electrons. The number of amides is 2. The van der Waals surface area contributed by atoms with Crippen LogP contribution in [0.3, 0.4) is 0 Å². The molecule has 3 N–H and O–H groups in total. The topological polar surface area (TPSA) is 133 Å². The zero-order valence-corrected chi connectivity index (χ0v) is 13.4. The van der Waals surface area contributed by atoms with Crippen LogP contribution >= 0.6 is 0 Å². The second kappa shape index (κ2) is 7.70. The third-order valence-corrected chi connectivity index (χ3v) is 4.02. The minimum absolute atomic E-state index is 0.234. The number of likely N-dealkylation sites (N-methyl/N-ethyl adjacent to an activating group) is 1. The molecule has 9 nitrogen and oxygen atoms in total. The third kappa shape index (κ3) is 6.45. The molecule has 0 unspecified atom stereocenters. The molecule has 1 aromatic carbocycles. The van der Waals surface area contributed by atoms with Crippen molar-refractivity contribution in [1.82, 2.24) is 9.62 Å². The van der Waals surface area contributed by atoms with Gasteiger partial charge in [-0.1, -0.05) is 0 Å². The van der Waals surface area contributed by atoms with E-state index in [0.29, 0.717) is 5.69 Å². The van der Waals surface area contributed by atoms with Crippen LogP contribution in [-0.4, -0.2) is 62.0 Å². The molecule has 0 fully saturated rings. The van der Waals surface area contributed by atoms with Gasteiger partial charge in [0.05, 0.1) is 12.8 Å². The summed E-state index contributed by atoms with van der Waals surface area (Å²) in [4.78, 5) is 33.7. The summed E-state index contributed by atoms with van der Waals surface area (Å²) in [6.45, 7) is -0.825. The molecular weight excluding hydrogens is 326 g/mol. The van der Waals surface area contributed by atoms with Crippen molar-refractivity contribution in [3.8, 4) is 0 Å². The lowest BCUT2D eigenvalue weighted by Crippen LogP contribution is -2.34. The van der Waals surface area contributed by atoms with Crippen LogP contribution in [0, 0.1) is 0 Å². The van der Waals surface area contributed by atoms with E-state index in [2.05, 4.69) is 10.6 Å². The Morgan fingerprint density at radius 2 is 1.74 bits per heavy atom. The van der Waals surface area contributed by atoms with E-state index in [4.69, 9.17) is 5.11 Å². The average Bonchev–Trinajstić information content (AvgIpc) is 2.44. The zero-order chi connectivity index (χ0) is 17.6. The Morgan fingerprint density at radius 1 is 1.17 bits per heavy atom. The monoisotopic (exact) mass is 343 g/mol. The van der Waals surface area contributed by atoms with Crippen molar-refractivity contribution in [1.29, 1.82) is 0 Å². The molecule has 0 bridgehead atoms. The number of benzene rings is 1.